The van der Waals surface area contributed by atoms with E-state index in [0.717, 1.165) is 35.6 Å². The normalized spacial score (nSPS) is 10.8. The highest BCUT2D eigenvalue weighted by molar-refractivity contribution is 5.81. The van der Waals surface area contributed by atoms with E-state index >= 15 is 0 Å². The summed E-state index contributed by atoms with van der Waals surface area (Å²) >= 11 is 0. The zero-order valence-electron chi connectivity index (χ0n) is 10.9. The summed E-state index contributed by atoms with van der Waals surface area (Å²) in [7, 11) is 0. The molecule has 0 bridgehead atoms. The molecule has 3 rings (SSSR count). The van der Waals surface area contributed by atoms with Crippen molar-refractivity contribution in [3.8, 4) is 0 Å². The molecule has 3 nitrogen and oxygen atoms in total. The van der Waals surface area contributed by atoms with Crippen molar-refractivity contribution in [2.45, 2.75) is 13.3 Å². The molecule has 0 amide bonds. The van der Waals surface area contributed by atoms with Gasteiger partial charge in [0.1, 0.15) is 11.6 Å². The first-order chi connectivity index (χ1) is 9.33. The lowest BCUT2D eigenvalue weighted by molar-refractivity contribution is 0.513. The number of aromatic nitrogens is 1. The Kier molecular flexibility index (Phi) is 3.19. The Morgan fingerprint density at radius 3 is 2.89 bits per heavy atom. The van der Waals surface area contributed by atoms with Crippen LogP contribution >= 0.6 is 0 Å². The molecule has 0 aliphatic carbocycles. The van der Waals surface area contributed by atoms with E-state index < -0.39 is 0 Å². The van der Waals surface area contributed by atoms with Gasteiger partial charge in [0.05, 0.1) is 11.8 Å². The number of pyridine rings is 1. The third kappa shape index (κ3) is 2.60. The van der Waals surface area contributed by atoms with E-state index in [-0.39, 0.29) is 0 Å². The Hall–Kier alpha value is -2.29. The Morgan fingerprint density at radius 1 is 1.16 bits per heavy atom. The Bertz CT molecular complexity index is 674. The van der Waals surface area contributed by atoms with Crippen LogP contribution in [0.4, 0.5) is 5.82 Å². The molecule has 19 heavy (non-hydrogen) atoms. The molecule has 0 aliphatic heterocycles. The van der Waals surface area contributed by atoms with E-state index in [4.69, 9.17) is 4.42 Å². The van der Waals surface area contributed by atoms with E-state index in [9.17, 15) is 0 Å². The lowest BCUT2D eigenvalue weighted by Crippen LogP contribution is -2.07. The molecule has 0 fully saturated rings. The van der Waals surface area contributed by atoms with Crippen LogP contribution in [0.2, 0.25) is 0 Å². The van der Waals surface area contributed by atoms with E-state index in [0.29, 0.717) is 0 Å². The maximum atomic E-state index is 5.31. The standard InChI is InChI=1S/C16H16N2O/c1-12-11-13-5-2-3-7-15(13)18-16(12)17-9-8-14-6-4-10-19-14/h2-7,10-11H,8-9H2,1H3,(H,17,18). The summed E-state index contributed by atoms with van der Waals surface area (Å²) in [5.74, 6) is 1.94. The minimum Gasteiger partial charge on any atom is -0.469 e. The van der Waals surface area contributed by atoms with Gasteiger partial charge in [0.25, 0.3) is 0 Å². The van der Waals surface area contributed by atoms with E-state index in [1.807, 2.05) is 30.3 Å². The van der Waals surface area contributed by atoms with Gasteiger partial charge in [0.2, 0.25) is 0 Å². The van der Waals surface area contributed by atoms with Gasteiger partial charge >= 0.3 is 0 Å². The summed E-state index contributed by atoms with van der Waals surface area (Å²) in [6.07, 6.45) is 2.57. The topological polar surface area (TPSA) is 38.1 Å². The van der Waals surface area contributed by atoms with Crippen LogP contribution < -0.4 is 5.32 Å². The third-order valence-electron chi connectivity index (χ3n) is 3.16. The average Bonchev–Trinajstić information content (AvgIpc) is 2.92. The summed E-state index contributed by atoms with van der Waals surface area (Å²) in [5.41, 5.74) is 2.19. The van der Waals surface area contributed by atoms with E-state index in [1.165, 1.54) is 5.39 Å². The molecule has 0 unspecified atom stereocenters. The third-order valence-corrected chi connectivity index (χ3v) is 3.16. The zero-order valence-corrected chi connectivity index (χ0v) is 10.9. The molecule has 2 aromatic heterocycles. The number of hydrogen-bond acceptors (Lipinski definition) is 3. The van der Waals surface area contributed by atoms with Crippen LogP contribution in [0.5, 0.6) is 0 Å². The Morgan fingerprint density at radius 2 is 2.05 bits per heavy atom. The van der Waals surface area contributed by atoms with Gasteiger partial charge in [0.15, 0.2) is 0 Å². The molecule has 2 heterocycles. The lowest BCUT2D eigenvalue weighted by atomic mass is 10.1. The first kappa shape index (κ1) is 11.8. The predicted molar refractivity (Wildman–Crippen MR) is 77.4 cm³/mol. The van der Waals surface area contributed by atoms with Gasteiger partial charge < -0.3 is 9.73 Å². The number of benzene rings is 1. The summed E-state index contributed by atoms with van der Waals surface area (Å²) in [6.45, 7) is 2.90. The molecule has 1 N–H and O–H groups in total. The van der Waals surface area contributed by atoms with E-state index in [1.54, 1.807) is 6.26 Å². The number of para-hydroxylation sites is 1. The van der Waals surface area contributed by atoms with Gasteiger partial charge in [-0.2, -0.15) is 0 Å². The second-order valence-corrected chi connectivity index (χ2v) is 4.60. The van der Waals surface area contributed by atoms with Crippen molar-refractivity contribution in [3.05, 3.63) is 60.1 Å². The van der Waals surface area contributed by atoms with Gasteiger partial charge in [-0.25, -0.2) is 4.98 Å². The molecule has 0 aliphatic rings. The Balaban J connectivity index is 1.75. The zero-order chi connectivity index (χ0) is 13.1. The van der Waals surface area contributed by atoms with Crippen molar-refractivity contribution in [2.24, 2.45) is 0 Å². The second kappa shape index (κ2) is 5.14. The van der Waals surface area contributed by atoms with Gasteiger partial charge in [-0.3, -0.25) is 0 Å². The first-order valence-electron chi connectivity index (χ1n) is 6.45. The number of hydrogen-bond donors (Lipinski definition) is 1. The molecule has 0 spiro atoms. The molecule has 0 saturated carbocycles. The maximum Gasteiger partial charge on any atom is 0.129 e. The summed E-state index contributed by atoms with van der Waals surface area (Å²) in [4.78, 5) is 4.65. The largest absolute Gasteiger partial charge is 0.469 e. The van der Waals surface area contributed by atoms with Crippen molar-refractivity contribution in [3.63, 3.8) is 0 Å². The van der Waals surface area contributed by atoms with Crippen LogP contribution in [-0.2, 0) is 6.42 Å². The number of anilines is 1. The summed E-state index contributed by atoms with van der Waals surface area (Å²) in [5, 5.41) is 4.55. The fourth-order valence-corrected chi connectivity index (χ4v) is 2.16. The lowest BCUT2D eigenvalue weighted by Gasteiger charge is -2.09. The molecular weight excluding hydrogens is 236 g/mol. The van der Waals surface area contributed by atoms with Gasteiger partial charge in [0, 0.05) is 18.4 Å². The molecule has 3 heteroatoms. The summed E-state index contributed by atoms with van der Waals surface area (Å²) in [6, 6.07) is 14.2. The monoisotopic (exact) mass is 252 g/mol. The van der Waals surface area contributed by atoms with Crippen molar-refractivity contribution >= 4 is 16.7 Å². The molecule has 0 saturated heterocycles. The molecule has 0 radical (unpaired) electrons. The quantitative estimate of drug-likeness (QED) is 0.767. The second-order valence-electron chi connectivity index (χ2n) is 4.60. The van der Waals surface area contributed by atoms with Crippen LogP contribution in [0, 0.1) is 6.92 Å². The molecular formula is C16H16N2O. The Labute approximate surface area is 112 Å². The SMILES string of the molecule is Cc1cc2ccccc2nc1NCCc1ccco1. The average molecular weight is 252 g/mol. The summed E-state index contributed by atoms with van der Waals surface area (Å²) < 4.78 is 5.31. The number of nitrogens with one attached hydrogen (secondary N) is 1. The minimum atomic E-state index is 0.819. The van der Waals surface area contributed by atoms with Crippen LogP contribution in [-0.4, -0.2) is 11.5 Å². The number of fused-ring (bicyclic) bond motifs is 1. The fourth-order valence-electron chi connectivity index (χ4n) is 2.16. The highest BCUT2D eigenvalue weighted by Gasteiger charge is 2.03. The molecule has 3 aromatic rings. The van der Waals surface area contributed by atoms with Gasteiger partial charge in [-0.15, -0.1) is 0 Å². The van der Waals surface area contributed by atoms with Gasteiger partial charge in [-0.1, -0.05) is 18.2 Å². The number of nitrogens with zero attached hydrogens (tertiary/aromatic N) is 1. The van der Waals surface area contributed by atoms with Gasteiger partial charge in [-0.05, 0) is 36.8 Å². The number of rotatable bonds is 4. The van der Waals surface area contributed by atoms with Crippen molar-refractivity contribution in [1.82, 2.24) is 4.98 Å². The molecule has 1 aromatic carbocycles. The highest BCUT2D eigenvalue weighted by atomic mass is 16.3. The maximum absolute atomic E-state index is 5.31. The first-order valence-corrected chi connectivity index (χ1v) is 6.45. The smallest absolute Gasteiger partial charge is 0.129 e. The van der Waals surface area contributed by atoms with E-state index in [2.05, 4.69) is 29.4 Å². The van der Waals surface area contributed by atoms with Crippen molar-refractivity contribution in [1.29, 1.82) is 0 Å². The fraction of sp³-hybridized carbons (Fsp3) is 0.188. The van der Waals surface area contributed by atoms with Crippen LogP contribution in [0.15, 0.2) is 53.1 Å². The van der Waals surface area contributed by atoms with Crippen molar-refractivity contribution < 1.29 is 4.42 Å². The molecule has 96 valence electrons. The predicted octanol–water partition coefficient (Wildman–Crippen LogP) is 3.79. The molecule has 0 atom stereocenters. The highest BCUT2D eigenvalue weighted by Crippen LogP contribution is 2.19. The van der Waals surface area contributed by atoms with Crippen LogP contribution in [0.25, 0.3) is 10.9 Å². The minimum absolute atomic E-state index is 0.819. The van der Waals surface area contributed by atoms with Crippen LogP contribution in [0.1, 0.15) is 11.3 Å². The van der Waals surface area contributed by atoms with Crippen LogP contribution in [0.3, 0.4) is 0 Å². The van der Waals surface area contributed by atoms with Crippen molar-refractivity contribution in [2.75, 3.05) is 11.9 Å². The number of furan rings is 1. The number of aryl methyl sites for hydroxylation is 1.